The molecule has 2 aromatic rings. The van der Waals surface area contributed by atoms with Crippen LogP contribution in [-0.4, -0.2) is 17.6 Å². The van der Waals surface area contributed by atoms with E-state index < -0.39 is 0 Å². The van der Waals surface area contributed by atoms with Gasteiger partial charge in [0.25, 0.3) is 0 Å². The summed E-state index contributed by atoms with van der Waals surface area (Å²) in [5, 5.41) is 2.73. The van der Waals surface area contributed by atoms with Crippen LogP contribution in [0.2, 0.25) is 0 Å². The van der Waals surface area contributed by atoms with E-state index in [1.165, 1.54) is 11.3 Å². The van der Waals surface area contributed by atoms with Crippen molar-refractivity contribution in [3.63, 3.8) is 0 Å². The maximum absolute atomic E-state index is 11.4. The van der Waals surface area contributed by atoms with Crippen molar-refractivity contribution in [3.05, 3.63) is 39.1 Å². The zero-order valence-electron chi connectivity index (χ0n) is 9.85. The van der Waals surface area contributed by atoms with Crippen LogP contribution in [0.3, 0.4) is 0 Å². The topological polar surface area (TPSA) is 39.2 Å². The molecular formula is C13H12BrNO2S. The lowest BCUT2D eigenvalue weighted by atomic mass is 10.2. The normalized spacial score (nSPS) is 10.3. The zero-order valence-corrected chi connectivity index (χ0v) is 12.3. The quantitative estimate of drug-likeness (QED) is 0.805. The van der Waals surface area contributed by atoms with E-state index in [0.29, 0.717) is 6.61 Å². The highest BCUT2D eigenvalue weighted by molar-refractivity contribution is 9.10. The van der Waals surface area contributed by atoms with Crippen molar-refractivity contribution in [3.8, 4) is 11.3 Å². The van der Waals surface area contributed by atoms with Gasteiger partial charge in [0.15, 0.2) is 0 Å². The summed E-state index contributed by atoms with van der Waals surface area (Å²) in [5.41, 5.74) is 1.91. The first-order valence-electron chi connectivity index (χ1n) is 5.55. The van der Waals surface area contributed by atoms with E-state index in [-0.39, 0.29) is 12.4 Å². The smallest absolute Gasteiger partial charge is 0.312 e. The monoisotopic (exact) mass is 325 g/mol. The molecule has 0 radical (unpaired) electrons. The largest absolute Gasteiger partial charge is 0.466 e. The summed E-state index contributed by atoms with van der Waals surface area (Å²) in [6, 6.07) is 7.89. The molecule has 0 spiro atoms. The van der Waals surface area contributed by atoms with Gasteiger partial charge >= 0.3 is 5.97 Å². The Balaban J connectivity index is 2.16. The van der Waals surface area contributed by atoms with Crippen molar-refractivity contribution in [1.82, 2.24) is 4.98 Å². The molecule has 94 valence electrons. The van der Waals surface area contributed by atoms with Gasteiger partial charge in [0.05, 0.1) is 18.7 Å². The number of esters is 1. The predicted octanol–water partition coefficient (Wildman–Crippen LogP) is 3.68. The molecule has 0 amide bonds. The third kappa shape index (κ3) is 3.17. The lowest BCUT2D eigenvalue weighted by Gasteiger charge is -2.00. The molecule has 1 aromatic heterocycles. The van der Waals surface area contributed by atoms with E-state index in [2.05, 4.69) is 20.9 Å². The van der Waals surface area contributed by atoms with Crippen molar-refractivity contribution < 1.29 is 9.53 Å². The summed E-state index contributed by atoms with van der Waals surface area (Å²) in [5.74, 6) is -0.231. The molecule has 0 aliphatic rings. The molecule has 0 N–H and O–H groups in total. The molecule has 1 aromatic carbocycles. The number of halogens is 1. The van der Waals surface area contributed by atoms with Gasteiger partial charge in [-0.25, -0.2) is 4.98 Å². The van der Waals surface area contributed by atoms with Crippen LogP contribution in [0.1, 0.15) is 11.9 Å². The SMILES string of the molecule is CCOC(=O)Cc1nc(-c2ccccc2Br)cs1. The minimum Gasteiger partial charge on any atom is -0.466 e. The molecule has 0 fully saturated rings. The fraction of sp³-hybridized carbons (Fsp3) is 0.231. The van der Waals surface area contributed by atoms with Crippen molar-refractivity contribution in [2.24, 2.45) is 0 Å². The molecular weight excluding hydrogens is 314 g/mol. The average molecular weight is 326 g/mol. The van der Waals surface area contributed by atoms with Crippen LogP contribution < -0.4 is 0 Å². The summed E-state index contributed by atoms with van der Waals surface area (Å²) >= 11 is 4.97. The molecule has 0 unspecified atom stereocenters. The minimum atomic E-state index is -0.231. The molecule has 0 atom stereocenters. The summed E-state index contributed by atoms with van der Waals surface area (Å²) in [4.78, 5) is 15.8. The number of aromatic nitrogens is 1. The molecule has 0 aliphatic heterocycles. The summed E-state index contributed by atoms with van der Waals surface area (Å²) < 4.78 is 5.90. The Morgan fingerprint density at radius 3 is 2.94 bits per heavy atom. The second kappa shape index (κ2) is 6.11. The van der Waals surface area contributed by atoms with Crippen molar-refractivity contribution in [2.45, 2.75) is 13.3 Å². The molecule has 3 nitrogen and oxygen atoms in total. The highest BCUT2D eigenvalue weighted by Crippen LogP contribution is 2.28. The molecule has 1 heterocycles. The Labute approximate surface area is 118 Å². The van der Waals surface area contributed by atoms with Crippen molar-refractivity contribution >= 4 is 33.2 Å². The second-order valence-electron chi connectivity index (χ2n) is 3.59. The third-order valence-corrected chi connectivity index (χ3v) is 3.84. The number of thiazole rings is 1. The average Bonchev–Trinajstić information content (AvgIpc) is 2.78. The van der Waals surface area contributed by atoms with E-state index in [1.807, 2.05) is 29.6 Å². The fourth-order valence-electron chi connectivity index (χ4n) is 1.52. The van der Waals surface area contributed by atoms with E-state index >= 15 is 0 Å². The highest BCUT2D eigenvalue weighted by Gasteiger charge is 2.11. The minimum absolute atomic E-state index is 0.231. The van der Waals surface area contributed by atoms with E-state index in [0.717, 1.165) is 20.7 Å². The van der Waals surface area contributed by atoms with Crippen molar-refractivity contribution in [1.29, 1.82) is 0 Å². The molecule has 0 aliphatic carbocycles. The summed E-state index contributed by atoms with van der Waals surface area (Å²) in [7, 11) is 0. The van der Waals surface area contributed by atoms with Crippen LogP contribution in [0, 0.1) is 0 Å². The molecule has 5 heteroatoms. The Kier molecular flexibility index (Phi) is 4.49. The van der Waals surface area contributed by atoms with Crippen LogP contribution in [0.4, 0.5) is 0 Å². The van der Waals surface area contributed by atoms with E-state index in [9.17, 15) is 4.79 Å². The first kappa shape index (κ1) is 13.2. The van der Waals surface area contributed by atoms with Gasteiger partial charge in [0, 0.05) is 15.4 Å². The van der Waals surface area contributed by atoms with Gasteiger partial charge in [0.1, 0.15) is 5.01 Å². The predicted molar refractivity (Wildman–Crippen MR) is 75.6 cm³/mol. The summed E-state index contributed by atoms with van der Waals surface area (Å²) in [6.45, 7) is 2.20. The van der Waals surface area contributed by atoms with Crippen LogP contribution >= 0.6 is 27.3 Å². The Morgan fingerprint density at radius 2 is 2.22 bits per heavy atom. The van der Waals surface area contributed by atoms with Gasteiger partial charge in [-0.05, 0) is 13.0 Å². The first-order chi connectivity index (χ1) is 8.70. The van der Waals surface area contributed by atoms with Crippen molar-refractivity contribution in [2.75, 3.05) is 6.61 Å². The number of nitrogens with zero attached hydrogens (tertiary/aromatic N) is 1. The first-order valence-corrected chi connectivity index (χ1v) is 7.23. The number of carbonyl (C=O) groups is 1. The van der Waals surface area contributed by atoms with Crippen LogP contribution in [0.5, 0.6) is 0 Å². The Morgan fingerprint density at radius 1 is 1.44 bits per heavy atom. The number of rotatable bonds is 4. The van der Waals surface area contributed by atoms with Crippen LogP contribution in [0.15, 0.2) is 34.1 Å². The maximum atomic E-state index is 11.4. The third-order valence-electron chi connectivity index (χ3n) is 2.30. The van der Waals surface area contributed by atoms with Gasteiger partial charge in [-0.2, -0.15) is 0 Å². The molecule has 0 bridgehead atoms. The summed E-state index contributed by atoms with van der Waals surface area (Å²) in [6.07, 6.45) is 0.239. The Hall–Kier alpha value is -1.20. The number of hydrogen-bond acceptors (Lipinski definition) is 4. The number of hydrogen-bond donors (Lipinski definition) is 0. The number of carbonyl (C=O) groups excluding carboxylic acids is 1. The molecule has 18 heavy (non-hydrogen) atoms. The lowest BCUT2D eigenvalue weighted by Crippen LogP contribution is -2.07. The molecule has 2 rings (SSSR count). The van der Waals surface area contributed by atoms with E-state index in [1.54, 1.807) is 6.92 Å². The Bertz CT molecular complexity index is 553. The zero-order chi connectivity index (χ0) is 13.0. The molecule has 0 saturated heterocycles. The molecule has 0 saturated carbocycles. The van der Waals surface area contributed by atoms with E-state index in [4.69, 9.17) is 4.74 Å². The van der Waals surface area contributed by atoms with Gasteiger partial charge in [-0.1, -0.05) is 34.1 Å². The number of benzene rings is 1. The van der Waals surface area contributed by atoms with Crippen LogP contribution in [-0.2, 0) is 16.0 Å². The van der Waals surface area contributed by atoms with Gasteiger partial charge in [-0.15, -0.1) is 11.3 Å². The second-order valence-corrected chi connectivity index (χ2v) is 5.39. The maximum Gasteiger partial charge on any atom is 0.312 e. The highest BCUT2D eigenvalue weighted by atomic mass is 79.9. The van der Waals surface area contributed by atoms with Crippen LogP contribution in [0.25, 0.3) is 11.3 Å². The van der Waals surface area contributed by atoms with Gasteiger partial charge in [0.2, 0.25) is 0 Å². The number of ether oxygens (including phenoxy) is 1. The fourth-order valence-corrected chi connectivity index (χ4v) is 2.79. The standard InChI is InChI=1S/C13H12BrNO2S/c1-2-17-13(16)7-12-15-11(8-18-12)9-5-3-4-6-10(9)14/h3-6,8H,2,7H2,1H3. The van der Waals surface area contributed by atoms with Gasteiger partial charge < -0.3 is 4.74 Å². The lowest BCUT2D eigenvalue weighted by molar-refractivity contribution is -0.142. The van der Waals surface area contributed by atoms with Gasteiger partial charge in [-0.3, -0.25) is 4.79 Å².